The normalized spacial score (nSPS) is 44.3. The van der Waals surface area contributed by atoms with E-state index < -0.39 is 17.8 Å². The van der Waals surface area contributed by atoms with Crippen molar-refractivity contribution in [2.24, 2.45) is 11.3 Å². The van der Waals surface area contributed by atoms with Gasteiger partial charge in [-0.3, -0.25) is 9.69 Å². The SMILES string of the molecule is CCC1CN(C2CC3CCC(C2)N3C(=O)O)CCC12CC(=O)NC2F. The van der Waals surface area contributed by atoms with Gasteiger partial charge in [0.1, 0.15) is 0 Å². The van der Waals surface area contributed by atoms with E-state index in [0.29, 0.717) is 18.9 Å². The lowest BCUT2D eigenvalue weighted by molar-refractivity contribution is -0.120. The van der Waals surface area contributed by atoms with Crippen molar-refractivity contribution in [2.75, 3.05) is 13.1 Å². The second kappa shape index (κ2) is 6.11. The lowest BCUT2D eigenvalue weighted by Gasteiger charge is -2.50. The summed E-state index contributed by atoms with van der Waals surface area (Å²) in [5.41, 5.74) is -0.539. The van der Waals surface area contributed by atoms with Crippen LogP contribution in [0.25, 0.3) is 0 Å². The third-order valence-electron chi connectivity index (χ3n) is 7.35. The van der Waals surface area contributed by atoms with Crippen LogP contribution in [0.4, 0.5) is 9.18 Å². The molecule has 0 aromatic rings. The summed E-state index contributed by atoms with van der Waals surface area (Å²) in [5, 5.41) is 11.9. The smallest absolute Gasteiger partial charge is 0.407 e. The standard InChI is InChI=1S/C18H28FN3O3/c1-2-11-10-21(6-5-18(11)9-15(23)20-16(18)19)14-7-12-3-4-13(8-14)22(12)17(24)25/h11-14,16H,2-10H2,1H3,(H,20,23)(H,24,25). The second-order valence-corrected chi connectivity index (χ2v) is 8.39. The van der Waals surface area contributed by atoms with Crippen LogP contribution in [0.5, 0.6) is 0 Å². The molecule has 5 unspecified atom stereocenters. The minimum absolute atomic E-state index is 0.140. The molecule has 4 aliphatic rings. The Hall–Kier alpha value is -1.37. The van der Waals surface area contributed by atoms with E-state index >= 15 is 0 Å². The molecule has 5 atom stereocenters. The molecule has 2 N–H and O–H groups in total. The number of nitrogens with zero attached hydrogens (tertiary/aromatic N) is 2. The molecule has 2 bridgehead atoms. The van der Waals surface area contributed by atoms with Gasteiger partial charge in [-0.1, -0.05) is 13.3 Å². The van der Waals surface area contributed by atoms with E-state index in [9.17, 15) is 19.1 Å². The fraction of sp³-hybridized carbons (Fsp3) is 0.889. The van der Waals surface area contributed by atoms with E-state index in [1.165, 1.54) is 0 Å². The number of nitrogens with one attached hydrogen (secondary N) is 1. The first-order valence-corrected chi connectivity index (χ1v) is 9.63. The molecule has 2 amide bonds. The van der Waals surface area contributed by atoms with Crippen LogP contribution >= 0.6 is 0 Å². The number of carboxylic acid groups (broad SMARTS) is 1. The number of halogens is 1. The molecule has 4 heterocycles. The van der Waals surface area contributed by atoms with E-state index in [-0.39, 0.29) is 23.9 Å². The van der Waals surface area contributed by atoms with Gasteiger partial charge in [-0.05, 0) is 44.6 Å². The Balaban J connectivity index is 1.46. The predicted molar refractivity (Wildman–Crippen MR) is 89.8 cm³/mol. The summed E-state index contributed by atoms with van der Waals surface area (Å²) >= 11 is 0. The molecule has 25 heavy (non-hydrogen) atoms. The Bertz CT molecular complexity index is 560. The predicted octanol–water partition coefficient (Wildman–Crippen LogP) is 2.19. The van der Waals surface area contributed by atoms with Crippen LogP contribution in [0.1, 0.15) is 51.9 Å². The van der Waals surface area contributed by atoms with E-state index in [1.54, 1.807) is 4.90 Å². The highest BCUT2D eigenvalue weighted by molar-refractivity contribution is 5.79. The van der Waals surface area contributed by atoms with E-state index in [4.69, 9.17) is 0 Å². The van der Waals surface area contributed by atoms with Gasteiger partial charge < -0.3 is 15.3 Å². The number of carbonyl (C=O) groups excluding carboxylic acids is 1. The Morgan fingerprint density at radius 1 is 1.32 bits per heavy atom. The van der Waals surface area contributed by atoms with Gasteiger partial charge >= 0.3 is 6.09 Å². The van der Waals surface area contributed by atoms with Crippen molar-refractivity contribution in [2.45, 2.75) is 76.3 Å². The first-order chi connectivity index (χ1) is 11.9. The number of hydrogen-bond acceptors (Lipinski definition) is 3. The number of piperidine rings is 2. The summed E-state index contributed by atoms with van der Waals surface area (Å²) in [5.74, 6) is 0.0116. The van der Waals surface area contributed by atoms with Crippen molar-refractivity contribution in [1.82, 2.24) is 15.1 Å². The van der Waals surface area contributed by atoms with Crippen LogP contribution in [0.2, 0.25) is 0 Å². The molecule has 4 fully saturated rings. The van der Waals surface area contributed by atoms with E-state index in [1.807, 2.05) is 0 Å². The van der Waals surface area contributed by atoms with Gasteiger partial charge in [0, 0.05) is 36.5 Å². The van der Waals surface area contributed by atoms with Gasteiger partial charge in [0.05, 0.1) is 0 Å². The maximum atomic E-state index is 14.6. The van der Waals surface area contributed by atoms with Crippen LogP contribution in [-0.4, -0.2) is 64.4 Å². The second-order valence-electron chi connectivity index (χ2n) is 8.39. The fourth-order valence-electron chi connectivity index (χ4n) is 6.03. The maximum Gasteiger partial charge on any atom is 0.407 e. The van der Waals surface area contributed by atoms with Gasteiger partial charge in [-0.2, -0.15) is 0 Å². The minimum Gasteiger partial charge on any atom is -0.465 e. The number of alkyl halides is 1. The molecule has 6 nitrogen and oxygen atoms in total. The highest BCUT2D eigenvalue weighted by Crippen LogP contribution is 2.49. The number of carbonyl (C=O) groups is 2. The summed E-state index contributed by atoms with van der Waals surface area (Å²) in [7, 11) is 0. The summed E-state index contributed by atoms with van der Waals surface area (Å²) < 4.78 is 14.6. The van der Waals surface area contributed by atoms with Crippen LogP contribution < -0.4 is 5.32 Å². The topological polar surface area (TPSA) is 72.9 Å². The lowest BCUT2D eigenvalue weighted by atomic mass is 9.67. The fourth-order valence-corrected chi connectivity index (χ4v) is 6.03. The van der Waals surface area contributed by atoms with Gasteiger partial charge in [-0.25, -0.2) is 9.18 Å². The van der Waals surface area contributed by atoms with Crippen LogP contribution in [0.3, 0.4) is 0 Å². The minimum atomic E-state index is -1.22. The number of fused-ring (bicyclic) bond motifs is 2. The van der Waals surface area contributed by atoms with Crippen molar-refractivity contribution < 1.29 is 19.1 Å². The zero-order valence-corrected chi connectivity index (χ0v) is 14.8. The first kappa shape index (κ1) is 17.1. The average molecular weight is 353 g/mol. The molecular weight excluding hydrogens is 325 g/mol. The van der Waals surface area contributed by atoms with Gasteiger partial charge in [-0.15, -0.1) is 0 Å². The molecule has 0 aliphatic carbocycles. The van der Waals surface area contributed by atoms with Crippen LogP contribution in [0, 0.1) is 11.3 Å². The first-order valence-electron chi connectivity index (χ1n) is 9.63. The van der Waals surface area contributed by atoms with E-state index in [0.717, 1.165) is 45.2 Å². The number of likely N-dealkylation sites (tertiary alicyclic amines) is 1. The highest BCUT2D eigenvalue weighted by Gasteiger charge is 2.55. The number of amides is 2. The molecule has 4 rings (SSSR count). The zero-order valence-electron chi connectivity index (χ0n) is 14.8. The number of rotatable bonds is 2. The van der Waals surface area contributed by atoms with Gasteiger partial charge in [0.2, 0.25) is 5.91 Å². The number of hydrogen-bond donors (Lipinski definition) is 2. The average Bonchev–Trinajstić information content (AvgIpc) is 3.01. The Labute approximate surface area is 147 Å². The van der Waals surface area contributed by atoms with Crippen molar-refractivity contribution in [1.29, 1.82) is 0 Å². The van der Waals surface area contributed by atoms with Crippen molar-refractivity contribution >= 4 is 12.0 Å². The Kier molecular flexibility index (Phi) is 4.17. The lowest BCUT2D eigenvalue weighted by Crippen LogP contribution is -2.57. The third kappa shape index (κ3) is 2.62. The van der Waals surface area contributed by atoms with Gasteiger partial charge in [0.25, 0.3) is 0 Å². The molecular formula is C18H28FN3O3. The quantitative estimate of drug-likeness (QED) is 0.747. The molecule has 1 spiro atoms. The summed E-state index contributed by atoms with van der Waals surface area (Å²) in [6, 6.07) is 0.671. The summed E-state index contributed by atoms with van der Waals surface area (Å²) in [6.07, 6.45) is 3.59. The third-order valence-corrected chi connectivity index (χ3v) is 7.35. The molecule has 4 aliphatic heterocycles. The molecule has 0 saturated carbocycles. The van der Waals surface area contributed by atoms with Crippen LogP contribution in [-0.2, 0) is 4.79 Å². The molecule has 7 heteroatoms. The Morgan fingerprint density at radius 3 is 2.52 bits per heavy atom. The monoisotopic (exact) mass is 353 g/mol. The molecule has 140 valence electrons. The van der Waals surface area contributed by atoms with Crippen molar-refractivity contribution in [3.8, 4) is 0 Å². The molecule has 0 aromatic heterocycles. The largest absolute Gasteiger partial charge is 0.465 e. The summed E-state index contributed by atoms with van der Waals surface area (Å²) in [4.78, 5) is 27.3. The molecule has 4 saturated heterocycles. The van der Waals surface area contributed by atoms with Crippen LogP contribution in [0.15, 0.2) is 0 Å². The van der Waals surface area contributed by atoms with Crippen molar-refractivity contribution in [3.05, 3.63) is 0 Å². The molecule has 0 aromatic carbocycles. The highest BCUT2D eigenvalue weighted by atomic mass is 19.1. The van der Waals surface area contributed by atoms with E-state index in [2.05, 4.69) is 17.1 Å². The van der Waals surface area contributed by atoms with Gasteiger partial charge in [0.15, 0.2) is 6.30 Å². The summed E-state index contributed by atoms with van der Waals surface area (Å²) in [6.45, 7) is 3.72. The van der Waals surface area contributed by atoms with Crippen molar-refractivity contribution in [3.63, 3.8) is 0 Å². The Morgan fingerprint density at radius 2 is 2.00 bits per heavy atom. The maximum absolute atomic E-state index is 14.6. The molecule has 0 radical (unpaired) electrons. The zero-order chi connectivity index (χ0) is 17.8.